The minimum atomic E-state index is -1.14. The molecule has 26 heavy (non-hydrogen) atoms. The Labute approximate surface area is 157 Å². The van der Waals surface area contributed by atoms with E-state index in [9.17, 15) is 10.0 Å². The summed E-state index contributed by atoms with van der Waals surface area (Å²) in [5, 5.41) is 11.0. The zero-order valence-corrected chi connectivity index (χ0v) is 16.9. The van der Waals surface area contributed by atoms with Crippen LogP contribution < -0.4 is 0 Å². The van der Waals surface area contributed by atoms with Crippen molar-refractivity contribution >= 4 is 25.4 Å². The van der Waals surface area contributed by atoms with Gasteiger partial charge in [0.2, 0.25) is 0 Å². The normalized spacial score (nSPS) is 22.2. The first kappa shape index (κ1) is 17.7. The van der Waals surface area contributed by atoms with Gasteiger partial charge in [-0.25, -0.2) is 14.8 Å². The van der Waals surface area contributed by atoms with Crippen molar-refractivity contribution < 1.29 is 14.7 Å². The van der Waals surface area contributed by atoms with E-state index < -0.39 is 20.1 Å². The number of hydrogen-bond donors (Lipinski definition) is 1. The number of hydrogen-bond acceptors (Lipinski definition) is 6. The van der Waals surface area contributed by atoms with E-state index in [0.717, 1.165) is 28.3 Å². The summed E-state index contributed by atoms with van der Waals surface area (Å²) in [6.45, 7) is 8.51. The second kappa shape index (κ2) is 6.45. The van der Waals surface area contributed by atoms with Crippen molar-refractivity contribution in [2.75, 3.05) is 13.2 Å². The number of hydroxylamine groups is 2. The molecule has 0 unspecified atom stereocenters. The highest BCUT2D eigenvalue weighted by Crippen LogP contribution is 2.46. The Morgan fingerprint density at radius 3 is 2.96 bits per heavy atom. The summed E-state index contributed by atoms with van der Waals surface area (Å²) >= 11 is 1.47. The van der Waals surface area contributed by atoms with Gasteiger partial charge >= 0.3 is 6.03 Å². The van der Waals surface area contributed by atoms with E-state index >= 15 is 0 Å². The van der Waals surface area contributed by atoms with Gasteiger partial charge in [-0.05, 0) is 6.04 Å². The summed E-state index contributed by atoms with van der Waals surface area (Å²) in [6.07, 6.45) is 3.58. The molecule has 2 aliphatic heterocycles. The van der Waals surface area contributed by atoms with Gasteiger partial charge in [-0.2, -0.15) is 5.06 Å². The van der Waals surface area contributed by atoms with Gasteiger partial charge < -0.3 is 14.2 Å². The van der Waals surface area contributed by atoms with Crippen LogP contribution in [0.1, 0.15) is 28.5 Å². The molecule has 140 valence electrons. The Kier molecular flexibility index (Phi) is 4.38. The fourth-order valence-electron chi connectivity index (χ4n) is 3.36. The number of carbonyl (C=O) groups excluding carboxylic acids is 1. The summed E-state index contributed by atoms with van der Waals surface area (Å²) < 4.78 is 7.78. The van der Waals surface area contributed by atoms with Gasteiger partial charge in [0.1, 0.15) is 24.6 Å². The van der Waals surface area contributed by atoms with E-state index in [1.807, 2.05) is 10.8 Å². The highest BCUT2D eigenvalue weighted by atomic mass is 32.1. The average molecular weight is 394 g/mol. The first-order valence-electron chi connectivity index (χ1n) is 8.67. The Bertz CT molecular complexity index is 817. The van der Waals surface area contributed by atoms with E-state index in [1.54, 1.807) is 16.6 Å². The summed E-state index contributed by atoms with van der Waals surface area (Å²) in [5.41, 5.74) is 2.56. The number of imidazole rings is 1. The molecule has 1 saturated heterocycles. The number of urea groups is 1. The van der Waals surface area contributed by atoms with Crippen LogP contribution in [0.3, 0.4) is 0 Å². The van der Waals surface area contributed by atoms with E-state index in [0.29, 0.717) is 19.1 Å². The first-order chi connectivity index (χ1) is 12.4. The highest BCUT2D eigenvalue weighted by molar-refractivity contribution is 7.09. The van der Waals surface area contributed by atoms with Gasteiger partial charge in [0.15, 0.2) is 0 Å². The second-order valence-corrected chi connectivity index (χ2v) is 14.4. The fourth-order valence-corrected chi connectivity index (χ4v) is 5.02. The molecule has 10 heteroatoms. The molecule has 2 aromatic rings. The van der Waals surface area contributed by atoms with Crippen LogP contribution in [0.15, 0.2) is 17.9 Å². The lowest BCUT2D eigenvalue weighted by Crippen LogP contribution is -2.36. The van der Waals surface area contributed by atoms with Crippen LogP contribution in [-0.2, 0) is 11.5 Å². The maximum absolute atomic E-state index is 12.5. The van der Waals surface area contributed by atoms with Crippen LogP contribution in [0.2, 0.25) is 25.7 Å². The molecular weight excluding hydrogens is 370 g/mol. The number of carbonyl (C=O) groups is 1. The van der Waals surface area contributed by atoms with Gasteiger partial charge in [0, 0.05) is 27.1 Å². The van der Waals surface area contributed by atoms with Crippen molar-refractivity contribution in [3.8, 4) is 0 Å². The van der Waals surface area contributed by atoms with Crippen molar-refractivity contribution in [2.24, 2.45) is 0 Å². The van der Waals surface area contributed by atoms with Crippen LogP contribution in [0.25, 0.3) is 0 Å². The number of aromatic nitrogens is 3. The Balaban J connectivity index is 1.57. The molecule has 2 atom stereocenters. The van der Waals surface area contributed by atoms with Crippen molar-refractivity contribution in [1.82, 2.24) is 24.5 Å². The molecule has 0 aliphatic carbocycles. The molecule has 2 amide bonds. The number of fused-ring (bicyclic) bond motifs is 4. The molecule has 0 saturated carbocycles. The lowest BCUT2D eigenvalue weighted by molar-refractivity contribution is -0.0578. The number of thiazole rings is 1. The molecule has 1 N–H and O–H groups in total. The largest absolute Gasteiger partial charge is 0.361 e. The van der Waals surface area contributed by atoms with E-state index in [-0.39, 0.29) is 6.04 Å². The van der Waals surface area contributed by atoms with Gasteiger partial charge in [0.05, 0.1) is 22.6 Å². The molecule has 2 aromatic heterocycles. The molecule has 4 rings (SSSR count). The number of ether oxygens (including phenoxy) is 1. The van der Waals surface area contributed by atoms with Gasteiger partial charge in [-0.3, -0.25) is 5.21 Å². The minimum absolute atomic E-state index is 0.336. The van der Waals surface area contributed by atoms with Gasteiger partial charge in [-0.15, -0.1) is 11.3 Å². The van der Waals surface area contributed by atoms with Gasteiger partial charge in [-0.1, -0.05) is 19.6 Å². The zero-order chi connectivity index (χ0) is 18.5. The van der Waals surface area contributed by atoms with E-state index in [1.165, 1.54) is 11.3 Å². The summed E-state index contributed by atoms with van der Waals surface area (Å²) in [7, 11) is -1.14. The molecule has 1 fully saturated rings. The number of nitrogens with zero attached hydrogens (tertiary/aromatic N) is 5. The smallest absolute Gasteiger partial charge is 0.345 e. The highest BCUT2D eigenvalue weighted by Gasteiger charge is 2.50. The number of rotatable bonds is 6. The Morgan fingerprint density at radius 2 is 2.19 bits per heavy atom. The van der Waals surface area contributed by atoms with Crippen LogP contribution in [0.5, 0.6) is 0 Å². The zero-order valence-electron chi connectivity index (χ0n) is 15.1. The van der Waals surface area contributed by atoms with Gasteiger partial charge in [0.25, 0.3) is 0 Å². The molecule has 8 nitrogen and oxygen atoms in total. The summed E-state index contributed by atoms with van der Waals surface area (Å²) in [5.74, 6) is 0.715. The lowest BCUT2D eigenvalue weighted by Gasteiger charge is -2.29. The molecule has 2 bridgehead atoms. The van der Waals surface area contributed by atoms with Crippen molar-refractivity contribution in [1.29, 1.82) is 0 Å². The summed E-state index contributed by atoms with van der Waals surface area (Å²) in [6, 6.07) is -0.0348. The predicted octanol–water partition coefficient (Wildman–Crippen LogP) is 2.92. The Morgan fingerprint density at radius 1 is 1.38 bits per heavy atom. The molecule has 2 aliphatic rings. The van der Waals surface area contributed by atoms with Crippen molar-refractivity contribution in [3.05, 3.63) is 34.3 Å². The van der Waals surface area contributed by atoms with E-state index in [4.69, 9.17) is 4.74 Å². The van der Waals surface area contributed by atoms with Crippen molar-refractivity contribution in [2.45, 2.75) is 44.5 Å². The molecular formula is C16H23N5O3SSi. The maximum atomic E-state index is 12.5. The third kappa shape index (κ3) is 2.96. The quantitative estimate of drug-likeness (QED) is 0.463. The molecule has 0 radical (unpaired) electrons. The standard InChI is InChI=1S/C16H23N5O3SSi/c1-26(2,3)7-6-24-10-19-5-4-17-15(19)13-12-14(25-9-18-12)11-8-20(13)16(22)21(11)23/h4-5,9,11,13,23H,6-8,10H2,1-3H3/t11-,13-/m0/s1. The first-order valence-corrected chi connectivity index (χ1v) is 13.3. The topological polar surface area (TPSA) is 83.7 Å². The molecule has 0 aromatic carbocycles. The average Bonchev–Trinajstić information content (AvgIpc) is 3.28. The van der Waals surface area contributed by atoms with Crippen LogP contribution >= 0.6 is 11.3 Å². The fraction of sp³-hybridized carbons (Fsp3) is 0.562. The van der Waals surface area contributed by atoms with Crippen LogP contribution in [0.4, 0.5) is 4.79 Å². The predicted molar refractivity (Wildman–Crippen MR) is 98.8 cm³/mol. The van der Waals surface area contributed by atoms with Crippen LogP contribution in [-0.4, -0.2) is 57.0 Å². The molecule has 4 heterocycles. The number of amides is 2. The third-order valence-electron chi connectivity index (χ3n) is 4.82. The third-order valence-corrected chi connectivity index (χ3v) is 7.47. The van der Waals surface area contributed by atoms with Crippen molar-refractivity contribution in [3.63, 3.8) is 0 Å². The van der Waals surface area contributed by atoms with E-state index in [2.05, 4.69) is 29.6 Å². The lowest BCUT2D eigenvalue weighted by atomic mass is 10.0. The summed E-state index contributed by atoms with van der Waals surface area (Å²) in [4.78, 5) is 24.0. The maximum Gasteiger partial charge on any atom is 0.345 e. The monoisotopic (exact) mass is 393 g/mol. The van der Waals surface area contributed by atoms with Crippen LogP contribution in [0, 0.1) is 0 Å². The Hall–Kier alpha value is -1.75. The second-order valence-electron chi connectivity index (χ2n) is 7.90. The SMILES string of the molecule is C[Si](C)(C)CCOCn1ccnc1[C@@H]1c2ncsc2[C@@H]2CN1C(=O)N2O. The molecule has 0 spiro atoms. The minimum Gasteiger partial charge on any atom is -0.361 e.